The summed E-state index contributed by atoms with van der Waals surface area (Å²) < 4.78 is 0. The molecule has 2 N–H and O–H groups in total. The van der Waals surface area contributed by atoms with Gasteiger partial charge in [-0.25, -0.2) is 0 Å². The molecule has 0 aliphatic carbocycles. The van der Waals surface area contributed by atoms with Crippen molar-refractivity contribution in [2.45, 2.75) is 33.2 Å². The van der Waals surface area contributed by atoms with Crippen LogP contribution in [0.25, 0.3) is 0 Å². The van der Waals surface area contributed by atoms with E-state index in [-0.39, 0.29) is 13.2 Å². The summed E-state index contributed by atoms with van der Waals surface area (Å²) in [6.07, 6.45) is 0.816. The summed E-state index contributed by atoms with van der Waals surface area (Å²) in [5.41, 5.74) is 0. The molecule has 0 aromatic rings. The standard InChI is InChI=1S/C10H23NO2/c1-9(2)11(5-4-6-12)7-10(3)8-13/h9-10,12-13H,4-8H2,1-3H3. The Hall–Kier alpha value is -0.120. The number of hydrogen-bond acceptors (Lipinski definition) is 3. The molecule has 0 amide bonds. The fourth-order valence-corrected chi connectivity index (χ4v) is 1.29. The molecule has 0 spiro atoms. The van der Waals surface area contributed by atoms with E-state index in [0.717, 1.165) is 19.5 Å². The average Bonchev–Trinajstić information content (AvgIpc) is 2.11. The first-order valence-corrected chi connectivity index (χ1v) is 5.07. The van der Waals surface area contributed by atoms with Crippen molar-refractivity contribution < 1.29 is 10.2 Å². The van der Waals surface area contributed by atoms with E-state index in [1.165, 1.54) is 0 Å². The monoisotopic (exact) mass is 189 g/mol. The Morgan fingerprint density at radius 1 is 1.15 bits per heavy atom. The maximum atomic E-state index is 8.91. The Kier molecular flexibility index (Phi) is 7.23. The third kappa shape index (κ3) is 6.02. The molecule has 0 aliphatic rings. The molecular weight excluding hydrogens is 166 g/mol. The summed E-state index contributed by atoms with van der Waals surface area (Å²) in [6.45, 7) is 8.63. The van der Waals surface area contributed by atoms with Crippen LogP contribution in [0.2, 0.25) is 0 Å². The molecule has 1 atom stereocenters. The number of hydrogen-bond donors (Lipinski definition) is 2. The summed E-state index contributed by atoms with van der Waals surface area (Å²) in [4.78, 5) is 2.29. The van der Waals surface area contributed by atoms with Gasteiger partial charge in [0.2, 0.25) is 0 Å². The van der Waals surface area contributed by atoms with Crippen LogP contribution in [0.3, 0.4) is 0 Å². The Bertz CT molecular complexity index is 117. The van der Waals surface area contributed by atoms with Crippen LogP contribution < -0.4 is 0 Å². The molecule has 0 aromatic carbocycles. The molecule has 0 saturated heterocycles. The van der Waals surface area contributed by atoms with Crippen LogP contribution in [-0.4, -0.2) is 47.5 Å². The summed E-state index contributed by atoms with van der Waals surface area (Å²) >= 11 is 0. The molecule has 0 saturated carbocycles. The van der Waals surface area contributed by atoms with Crippen molar-refractivity contribution in [1.82, 2.24) is 4.90 Å². The van der Waals surface area contributed by atoms with Crippen LogP contribution in [0.5, 0.6) is 0 Å². The predicted molar refractivity (Wildman–Crippen MR) is 54.7 cm³/mol. The van der Waals surface area contributed by atoms with Gasteiger partial charge in [-0.05, 0) is 26.2 Å². The quantitative estimate of drug-likeness (QED) is 0.620. The zero-order chi connectivity index (χ0) is 10.3. The van der Waals surface area contributed by atoms with Crippen molar-refractivity contribution >= 4 is 0 Å². The number of rotatable bonds is 7. The molecular formula is C10H23NO2. The zero-order valence-corrected chi connectivity index (χ0v) is 9.03. The van der Waals surface area contributed by atoms with Gasteiger partial charge in [0, 0.05) is 32.3 Å². The second kappa shape index (κ2) is 7.30. The third-order valence-electron chi connectivity index (χ3n) is 2.19. The summed E-state index contributed by atoms with van der Waals surface area (Å²) in [6, 6.07) is 0.487. The normalized spacial score (nSPS) is 14.1. The number of aliphatic hydroxyl groups is 2. The zero-order valence-electron chi connectivity index (χ0n) is 9.03. The molecule has 3 heteroatoms. The lowest BCUT2D eigenvalue weighted by molar-refractivity contribution is 0.139. The molecule has 1 unspecified atom stereocenters. The minimum absolute atomic E-state index is 0.238. The van der Waals surface area contributed by atoms with Crippen LogP contribution in [0, 0.1) is 5.92 Å². The SMILES string of the molecule is CC(CO)CN(CCCO)C(C)C. The number of aliphatic hydroxyl groups excluding tert-OH is 2. The van der Waals surface area contributed by atoms with Gasteiger partial charge < -0.3 is 15.1 Å². The summed E-state index contributed by atoms with van der Waals surface area (Å²) in [7, 11) is 0. The second-order valence-electron chi connectivity index (χ2n) is 3.95. The molecule has 0 heterocycles. The fourth-order valence-electron chi connectivity index (χ4n) is 1.29. The maximum absolute atomic E-state index is 8.91. The third-order valence-corrected chi connectivity index (χ3v) is 2.19. The molecule has 13 heavy (non-hydrogen) atoms. The minimum Gasteiger partial charge on any atom is -0.396 e. The summed E-state index contributed by atoms with van der Waals surface area (Å²) in [5, 5.41) is 17.6. The highest BCUT2D eigenvalue weighted by Crippen LogP contribution is 2.04. The van der Waals surface area contributed by atoms with Crippen LogP contribution >= 0.6 is 0 Å². The van der Waals surface area contributed by atoms with E-state index >= 15 is 0 Å². The van der Waals surface area contributed by atoms with Crippen LogP contribution in [-0.2, 0) is 0 Å². The molecule has 0 radical (unpaired) electrons. The predicted octanol–water partition coefficient (Wildman–Crippen LogP) is 0.708. The van der Waals surface area contributed by atoms with E-state index in [9.17, 15) is 0 Å². The second-order valence-corrected chi connectivity index (χ2v) is 3.95. The molecule has 0 bridgehead atoms. The van der Waals surface area contributed by atoms with Gasteiger partial charge in [-0.1, -0.05) is 6.92 Å². The van der Waals surface area contributed by atoms with Gasteiger partial charge in [0.15, 0.2) is 0 Å². The van der Waals surface area contributed by atoms with Crippen LogP contribution in [0.1, 0.15) is 27.2 Å². The molecule has 0 aromatic heterocycles. The van der Waals surface area contributed by atoms with Crippen LogP contribution in [0.4, 0.5) is 0 Å². The van der Waals surface area contributed by atoms with Crippen molar-refractivity contribution in [3.63, 3.8) is 0 Å². The van der Waals surface area contributed by atoms with Crippen molar-refractivity contribution in [2.24, 2.45) is 5.92 Å². The first kappa shape index (κ1) is 12.9. The molecule has 80 valence electrons. The Morgan fingerprint density at radius 3 is 2.15 bits per heavy atom. The maximum Gasteiger partial charge on any atom is 0.0468 e. The van der Waals surface area contributed by atoms with Gasteiger partial charge in [-0.2, -0.15) is 0 Å². The minimum atomic E-state index is 0.238. The lowest BCUT2D eigenvalue weighted by atomic mass is 10.1. The molecule has 0 fully saturated rings. The molecule has 0 aliphatic heterocycles. The van der Waals surface area contributed by atoms with Gasteiger partial charge in [-0.15, -0.1) is 0 Å². The van der Waals surface area contributed by atoms with Crippen molar-refractivity contribution in [1.29, 1.82) is 0 Å². The van der Waals surface area contributed by atoms with Crippen molar-refractivity contribution in [3.05, 3.63) is 0 Å². The average molecular weight is 189 g/mol. The highest BCUT2D eigenvalue weighted by molar-refractivity contribution is 4.65. The Balaban J connectivity index is 3.79. The van der Waals surface area contributed by atoms with Gasteiger partial charge in [0.25, 0.3) is 0 Å². The molecule has 0 rings (SSSR count). The first-order chi connectivity index (χ1) is 6.11. The smallest absolute Gasteiger partial charge is 0.0468 e. The lowest BCUT2D eigenvalue weighted by Gasteiger charge is -2.28. The van der Waals surface area contributed by atoms with E-state index in [0.29, 0.717) is 12.0 Å². The molecule has 3 nitrogen and oxygen atoms in total. The van der Waals surface area contributed by atoms with Gasteiger partial charge in [0.1, 0.15) is 0 Å². The topological polar surface area (TPSA) is 43.7 Å². The summed E-state index contributed by atoms with van der Waals surface area (Å²) in [5.74, 6) is 0.320. The van der Waals surface area contributed by atoms with E-state index < -0.39 is 0 Å². The Morgan fingerprint density at radius 2 is 1.77 bits per heavy atom. The lowest BCUT2D eigenvalue weighted by Crippen LogP contribution is -2.36. The van der Waals surface area contributed by atoms with Gasteiger partial charge in [-0.3, -0.25) is 0 Å². The highest BCUT2D eigenvalue weighted by Gasteiger charge is 2.11. The highest BCUT2D eigenvalue weighted by atomic mass is 16.3. The van der Waals surface area contributed by atoms with E-state index in [2.05, 4.69) is 18.7 Å². The van der Waals surface area contributed by atoms with Crippen LogP contribution in [0.15, 0.2) is 0 Å². The van der Waals surface area contributed by atoms with Crippen molar-refractivity contribution in [3.8, 4) is 0 Å². The van der Waals surface area contributed by atoms with E-state index in [1.807, 2.05) is 6.92 Å². The fraction of sp³-hybridized carbons (Fsp3) is 1.00. The van der Waals surface area contributed by atoms with E-state index in [4.69, 9.17) is 10.2 Å². The largest absolute Gasteiger partial charge is 0.396 e. The van der Waals surface area contributed by atoms with Gasteiger partial charge in [0.05, 0.1) is 0 Å². The van der Waals surface area contributed by atoms with Crippen molar-refractivity contribution in [2.75, 3.05) is 26.3 Å². The van der Waals surface area contributed by atoms with Gasteiger partial charge >= 0.3 is 0 Å². The first-order valence-electron chi connectivity index (χ1n) is 5.07. The number of nitrogens with zero attached hydrogens (tertiary/aromatic N) is 1. The van der Waals surface area contributed by atoms with E-state index in [1.54, 1.807) is 0 Å². The Labute approximate surface area is 81.4 Å².